The van der Waals surface area contributed by atoms with Crippen LogP contribution in [0.5, 0.6) is 0 Å². The molecule has 0 N–H and O–H groups in total. The van der Waals surface area contributed by atoms with Crippen LogP contribution in [0.15, 0.2) is 42.6 Å². The Morgan fingerprint density at radius 2 is 2.12 bits per heavy atom. The van der Waals surface area contributed by atoms with Gasteiger partial charge in [0.2, 0.25) is 0 Å². The summed E-state index contributed by atoms with van der Waals surface area (Å²) in [4.78, 5) is 4.20. The van der Waals surface area contributed by atoms with Crippen molar-refractivity contribution in [2.45, 2.75) is 6.54 Å². The van der Waals surface area contributed by atoms with Crippen molar-refractivity contribution < 1.29 is 4.39 Å². The molecule has 0 unspecified atom stereocenters. The molecule has 1 aromatic carbocycles. The van der Waals surface area contributed by atoms with Crippen molar-refractivity contribution in [1.29, 1.82) is 0 Å². The zero-order valence-corrected chi connectivity index (χ0v) is 8.92. The first-order chi connectivity index (χ1) is 8.33. The molecule has 0 fully saturated rings. The van der Waals surface area contributed by atoms with E-state index in [0.717, 1.165) is 11.1 Å². The Morgan fingerprint density at radius 3 is 3.00 bits per heavy atom. The van der Waals surface area contributed by atoms with Crippen LogP contribution >= 0.6 is 0 Å². The zero-order valence-electron chi connectivity index (χ0n) is 8.92. The van der Waals surface area contributed by atoms with Crippen LogP contribution in [-0.4, -0.2) is 20.0 Å². The molecule has 0 amide bonds. The number of benzene rings is 1. The lowest BCUT2D eigenvalue weighted by Gasteiger charge is -2.01. The SMILES string of the molecule is Fc1cccc(Cn2nnc3cccnc32)c1. The maximum atomic E-state index is 13.0. The highest BCUT2D eigenvalue weighted by atomic mass is 19.1. The van der Waals surface area contributed by atoms with Gasteiger partial charge >= 0.3 is 0 Å². The average Bonchev–Trinajstić information content (AvgIpc) is 2.73. The molecule has 0 spiro atoms. The van der Waals surface area contributed by atoms with E-state index in [4.69, 9.17) is 0 Å². The summed E-state index contributed by atoms with van der Waals surface area (Å²) in [5.41, 5.74) is 2.28. The van der Waals surface area contributed by atoms with Crippen LogP contribution in [0.2, 0.25) is 0 Å². The summed E-state index contributed by atoms with van der Waals surface area (Å²) in [5, 5.41) is 8.00. The van der Waals surface area contributed by atoms with Crippen molar-refractivity contribution >= 4 is 11.2 Å². The van der Waals surface area contributed by atoms with Crippen LogP contribution in [0.4, 0.5) is 4.39 Å². The highest BCUT2D eigenvalue weighted by Crippen LogP contribution is 2.10. The van der Waals surface area contributed by atoms with Crippen LogP contribution in [0, 0.1) is 5.82 Å². The second-order valence-corrected chi connectivity index (χ2v) is 3.72. The van der Waals surface area contributed by atoms with E-state index in [0.29, 0.717) is 12.2 Å². The Labute approximate surface area is 96.7 Å². The summed E-state index contributed by atoms with van der Waals surface area (Å²) in [6.45, 7) is 0.464. The molecule has 0 saturated carbocycles. The Balaban J connectivity index is 2.00. The molecule has 0 aliphatic rings. The molecular weight excluding hydrogens is 219 g/mol. The number of pyridine rings is 1. The van der Waals surface area contributed by atoms with E-state index < -0.39 is 0 Å². The van der Waals surface area contributed by atoms with Gasteiger partial charge in [-0.3, -0.25) is 0 Å². The van der Waals surface area contributed by atoms with Crippen molar-refractivity contribution in [2.75, 3.05) is 0 Å². The van der Waals surface area contributed by atoms with Gasteiger partial charge in [-0.1, -0.05) is 17.3 Å². The monoisotopic (exact) mass is 228 g/mol. The second-order valence-electron chi connectivity index (χ2n) is 3.72. The molecule has 0 atom stereocenters. The highest BCUT2D eigenvalue weighted by molar-refractivity contribution is 5.68. The van der Waals surface area contributed by atoms with E-state index in [1.807, 2.05) is 18.2 Å². The molecule has 0 aliphatic carbocycles. The quantitative estimate of drug-likeness (QED) is 0.674. The van der Waals surface area contributed by atoms with Gasteiger partial charge in [-0.25, -0.2) is 14.1 Å². The number of hydrogen-bond donors (Lipinski definition) is 0. The topological polar surface area (TPSA) is 43.6 Å². The number of rotatable bonds is 2. The fourth-order valence-electron chi connectivity index (χ4n) is 1.72. The van der Waals surface area contributed by atoms with Crippen molar-refractivity contribution in [1.82, 2.24) is 20.0 Å². The predicted octanol–water partition coefficient (Wildman–Crippen LogP) is 2.01. The molecular formula is C12H9FN4. The van der Waals surface area contributed by atoms with E-state index in [9.17, 15) is 4.39 Å². The summed E-state index contributed by atoms with van der Waals surface area (Å²) < 4.78 is 14.7. The van der Waals surface area contributed by atoms with Gasteiger partial charge < -0.3 is 0 Å². The molecule has 17 heavy (non-hydrogen) atoms. The maximum Gasteiger partial charge on any atom is 0.178 e. The minimum absolute atomic E-state index is 0.250. The average molecular weight is 228 g/mol. The van der Waals surface area contributed by atoms with Crippen LogP contribution < -0.4 is 0 Å². The molecule has 0 aliphatic heterocycles. The van der Waals surface area contributed by atoms with Gasteiger partial charge in [0.1, 0.15) is 11.3 Å². The summed E-state index contributed by atoms with van der Waals surface area (Å²) in [7, 11) is 0. The molecule has 84 valence electrons. The van der Waals surface area contributed by atoms with E-state index >= 15 is 0 Å². The number of aromatic nitrogens is 4. The van der Waals surface area contributed by atoms with Gasteiger partial charge in [-0.15, -0.1) is 5.10 Å². The first-order valence-electron chi connectivity index (χ1n) is 5.21. The number of nitrogens with zero attached hydrogens (tertiary/aromatic N) is 4. The van der Waals surface area contributed by atoms with Crippen molar-refractivity contribution in [3.05, 3.63) is 54.0 Å². The van der Waals surface area contributed by atoms with E-state index in [-0.39, 0.29) is 5.82 Å². The minimum Gasteiger partial charge on any atom is -0.235 e. The Bertz CT molecular complexity index is 662. The molecule has 5 heteroatoms. The van der Waals surface area contributed by atoms with Crippen molar-refractivity contribution in [3.63, 3.8) is 0 Å². The normalized spacial score (nSPS) is 10.9. The summed E-state index contributed by atoms with van der Waals surface area (Å²) in [5.74, 6) is -0.250. The summed E-state index contributed by atoms with van der Waals surface area (Å²) >= 11 is 0. The maximum absolute atomic E-state index is 13.0. The second kappa shape index (κ2) is 3.93. The summed E-state index contributed by atoms with van der Waals surface area (Å²) in [6, 6.07) is 10.1. The standard InChI is InChI=1S/C12H9FN4/c13-10-4-1-3-9(7-10)8-17-12-11(15-16-17)5-2-6-14-12/h1-7H,8H2. The minimum atomic E-state index is -0.250. The molecule has 3 rings (SSSR count). The predicted molar refractivity (Wildman–Crippen MR) is 60.8 cm³/mol. The van der Waals surface area contributed by atoms with Gasteiger partial charge in [-0.2, -0.15) is 0 Å². The molecule has 3 aromatic rings. The fourth-order valence-corrected chi connectivity index (χ4v) is 1.72. The third-order valence-electron chi connectivity index (χ3n) is 2.49. The van der Waals surface area contributed by atoms with Gasteiger partial charge in [0, 0.05) is 6.20 Å². The molecule has 0 bridgehead atoms. The lowest BCUT2D eigenvalue weighted by Crippen LogP contribution is -2.02. The van der Waals surface area contributed by atoms with Crippen molar-refractivity contribution in [2.24, 2.45) is 0 Å². The molecule has 2 heterocycles. The third-order valence-corrected chi connectivity index (χ3v) is 2.49. The number of fused-ring (bicyclic) bond motifs is 1. The van der Waals surface area contributed by atoms with E-state index in [2.05, 4.69) is 15.3 Å². The third kappa shape index (κ3) is 1.87. The molecule has 2 aromatic heterocycles. The van der Waals surface area contributed by atoms with Gasteiger partial charge in [0.05, 0.1) is 6.54 Å². The number of halogens is 1. The Hall–Kier alpha value is -2.30. The number of hydrogen-bond acceptors (Lipinski definition) is 3. The first-order valence-corrected chi connectivity index (χ1v) is 5.21. The van der Waals surface area contributed by atoms with E-state index in [1.165, 1.54) is 12.1 Å². The Kier molecular flexibility index (Phi) is 2.29. The Morgan fingerprint density at radius 1 is 1.18 bits per heavy atom. The largest absolute Gasteiger partial charge is 0.235 e. The lowest BCUT2D eigenvalue weighted by molar-refractivity contribution is 0.617. The lowest BCUT2D eigenvalue weighted by atomic mass is 10.2. The first kappa shape index (κ1) is 9.89. The van der Waals surface area contributed by atoms with Crippen LogP contribution in [0.25, 0.3) is 11.2 Å². The fraction of sp³-hybridized carbons (Fsp3) is 0.0833. The van der Waals surface area contributed by atoms with Crippen LogP contribution in [0.3, 0.4) is 0 Å². The molecule has 0 saturated heterocycles. The van der Waals surface area contributed by atoms with Crippen LogP contribution in [0.1, 0.15) is 5.56 Å². The highest BCUT2D eigenvalue weighted by Gasteiger charge is 2.05. The zero-order chi connectivity index (χ0) is 11.7. The van der Waals surface area contributed by atoms with Crippen LogP contribution in [-0.2, 0) is 6.54 Å². The summed E-state index contributed by atoms with van der Waals surface area (Å²) in [6.07, 6.45) is 1.69. The van der Waals surface area contributed by atoms with Gasteiger partial charge in [0.15, 0.2) is 5.65 Å². The van der Waals surface area contributed by atoms with E-state index in [1.54, 1.807) is 16.9 Å². The van der Waals surface area contributed by atoms with Gasteiger partial charge in [-0.05, 0) is 29.8 Å². The molecule has 4 nitrogen and oxygen atoms in total. The smallest absolute Gasteiger partial charge is 0.178 e. The molecule has 0 radical (unpaired) electrons. The van der Waals surface area contributed by atoms with Gasteiger partial charge in [0.25, 0.3) is 0 Å². The van der Waals surface area contributed by atoms with Crippen molar-refractivity contribution in [3.8, 4) is 0 Å².